The molecule has 2 aromatic heterocycles. The van der Waals surface area contributed by atoms with Gasteiger partial charge in [-0.3, -0.25) is 9.78 Å². The van der Waals surface area contributed by atoms with Crippen LogP contribution >= 0.6 is 0 Å². The molecule has 1 atom stereocenters. The number of hydrogen-bond acceptors (Lipinski definition) is 9. The van der Waals surface area contributed by atoms with Gasteiger partial charge >= 0.3 is 6.09 Å². The molecule has 1 saturated heterocycles. The molecule has 242 valence electrons. The number of nitrogens with one attached hydrogen (secondary N) is 1. The number of carbonyl (C=O) groups is 2. The Morgan fingerprint density at radius 3 is 2.40 bits per heavy atom. The molecule has 45 heavy (non-hydrogen) atoms. The Labute approximate surface area is 267 Å². The third-order valence-corrected chi connectivity index (χ3v) is 7.95. The second-order valence-corrected chi connectivity index (χ2v) is 12.2. The van der Waals surface area contributed by atoms with E-state index in [2.05, 4.69) is 45.1 Å². The maximum atomic E-state index is 13.8. The highest BCUT2D eigenvalue weighted by Gasteiger charge is 2.38. The molecule has 10 nitrogen and oxygen atoms in total. The second-order valence-electron chi connectivity index (χ2n) is 12.2. The summed E-state index contributed by atoms with van der Waals surface area (Å²) in [7, 11) is 3.82. The molecule has 0 radical (unpaired) electrons. The number of imide groups is 1. The summed E-state index contributed by atoms with van der Waals surface area (Å²) in [6, 6.07) is 11.8. The van der Waals surface area contributed by atoms with Gasteiger partial charge in [-0.2, -0.15) is 0 Å². The number of carbonyl (C=O) groups excluding carboxylic acids is 2. The van der Waals surface area contributed by atoms with Crippen molar-refractivity contribution >= 4 is 29.2 Å². The van der Waals surface area contributed by atoms with Crippen molar-refractivity contribution in [2.45, 2.75) is 66.0 Å². The lowest BCUT2D eigenvalue weighted by molar-refractivity contribution is 0.0248. The maximum absolute atomic E-state index is 13.8. The van der Waals surface area contributed by atoms with Crippen LogP contribution in [0.2, 0.25) is 0 Å². The molecule has 1 unspecified atom stereocenters. The fourth-order valence-corrected chi connectivity index (χ4v) is 5.56. The summed E-state index contributed by atoms with van der Waals surface area (Å²) in [4.78, 5) is 42.1. The van der Waals surface area contributed by atoms with Gasteiger partial charge in [-0.15, -0.1) is 0 Å². The number of pyridine rings is 2. The molecule has 0 aliphatic carbocycles. The molecule has 0 spiro atoms. The number of piperazine rings is 1. The molecular weight excluding hydrogens is 568 g/mol. The fourth-order valence-electron chi connectivity index (χ4n) is 5.56. The summed E-state index contributed by atoms with van der Waals surface area (Å²) in [6.45, 7) is 16.1. The minimum Gasteiger partial charge on any atom is -0.443 e. The first-order chi connectivity index (χ1) is 21.6. The Balaban J connectivity index is 0.00000226. The van der Waals surface area contributed by atoms with Crippen molar-refractivity contribution in [3.05, 3.63) is 65.6 Å². The van der Waals surface area contributed by atoms with E-state index in [0.717, 1.165) is 60.7 Å². The molecule has 2 aliphatic rings. The van der Waals surface area contributed by atoms with Gasteiger partial charge in [0, 0.05) is 51.1 Å². The van der Waals surface area contributed by atoms with Gasteiger partial charge in [-0.05, 0) is 81.3 Å². The summed E-state index contributed by atoms with van der Waals surface area (Å²) in [5.41, 5.74) is 4.85. The Bertz CT molecular complexity index is 1460. The van der Waals surface area contributed by atoms with Crippen LogP contribution in [0.3, 0.4) is 0 Å². The van der Waals surface area contributed by atoms with Crippen molar-refractivity contribution in [3.8, 4) is 11.1 Å². The van der Waals surface area contributed by atoms with Crippen LogP contribution in [-0.4, -0.2) is 84.3 Å². The first kappa shape index (κ1) is 33.9. The van der Waals surface area contributed by atoms with E-state index < -0.39 is 17.6 Å². The van der Waals surface area contributed by atoms with Gasteiger partial charge in [0.1, 0.15) is 11.4 Å². The Hall–Kier alpha value is -4.02. The maximum Gasteiger partial charge on any atom is 0.417 e. The van der Waals surface area contributed by atoms with Gasteiger partial charge in [-0.25, -0.2) is 14.7 Å². The van der Waals surface area contributed by atoms with Crippen LogP contribution in [0, 0.1) is 0 Å². The molecule has 1 N–H and O–H groups in total. The zero-order valence-electron chi connectivity index (χ0n) is 28.0. The number of ether oxygens (including phenoxy) is 2. The molecule has 0 bridgehead atoms. The van der Waals surface area contributed by atoms with E-state index in [4.69, 9.17) is 9.47 Å². The average molecular weight is 617 g/mol. The predicted molar refractivity (Wildman–Crippen MR) is 179 cm³/mol. The van der Waals surface area contributed by atoms with Crippen molar-refractivity contribution in [2.24, 2.45) is 0 Å². The monoisotopic (exact) mass is 616 g/mol. The topological polar surface area (TPSA) is 100 Å². The average Bonchev–Trinajstić information content (AvgIpc) is 3.38. The SMILES string of the molecule is CC.CCC(COC)c1cc(-c2ccc(Nc3ccc(N4CCN(C)CC4)cn3)c3c2CN(C(=O)OC(C)(C)C)C3=O)ccn1. The Morgan fingerprint density at radius 1 is 1.04 bits per heavy atom. The van der Waals surface area contributed by atoms with E-state index in [1.165, 1.54) is 4.90 Å². The molecule has 1 aromatic carbocycles. The zero-order valence-corrected chi connectivity index (χ0v) is 28.0. The van der Waals surface area contributed by atoms with E-state index in [1.54, 1.807) is 34.1 Å². The number of rotatable bonds is 8. The van der Waals surface area contributed by atoms with Crippen molar-refractivity contribution < 1.29 is 19.1 Å². The van der Waals surface area contributed by atoms with Gasteiger partial charge in [-0.1, -0.05) is 26.8 Å². The number of likely N-dealkylation sites (N-methyl/N-ethyl adjacent to an activating group) is 1. The molecule has 4 heterocycles. The Kier molecular flexibility index (Phi) is 11.2. The van der Waals surface area contributed by atoms with Crippen molar-refractivity contribution in [2.75, 3.05) is 57.2 Å². The van der Waals surface area contributed by atoms with Gasteiger partial charge in [0.25, 0.3) is 5.91 Å². The van der Waals surface area contributed by atoms with E-state index in [0.29, 0.717) is 23.7 Å². The number of hydrogen-bond donors (Lipinski definition) is 1. The quantitative estimate of drug-likeness (QED) is 0.296. The lowest BCUT2D eigenvalue weighted by atomic mass is 9.93. The third-order valence-electron chi connectivity index (χ3n) is 7.95. The van der Waals surface area contributed by atoms with Gasteiger partial charge in [0.15, 0.2) is 0 Å². The van der Waals surface area contributed by atoms with Crippen molar-refractivity contribution in [1.29, 1.82) is 0 Å². The van der Waals surface area contributed by atoms with Crippen LogP contribution in [0.15, 0.2) is 48.8 Å². The minimum absolute atomic E-state index is 0.108. The first-order valence-corrected chi connectivity index (χ1v) is 15.9. The first-order valence-electron chi connectivity index (χ1n) is 15.9. The summed E-state index contributed by atoms with van der Waals surface area (Å²) in [5.74, 6) is 0.370. The molecule has 1 fully saturated rings. The molecule has 2 amide bonds. The van der Waals surface area contributed by atoms with E-state index in [-0.39, 0.29) is 12.5 Å². The van der Waals surface area contributed by atoms with Crippen molar-refractivity contribution in [3.63, 3.8) is 0 Å². The molecule has 0 saturated carbocycles. The smallest absolute Gasteiger partial charge is 0.417 e. The van der Waals surface area contributed by atoms with Crippen LogP contribution in [0.1, 0.15) is 75.5 Å². The zero-order chi connectivity index (χ0) is 32.7. The minimum atomic E-state index is -0.734. The molecular formula is C35H48N6O4. The van der Waals surface area contributed by atoms with Crippen LogP contribution in [-0.2, 0) is 16.0 Å². The lowest BCUT2D eigenvalue weighted by Crippen LogP contribution is -2.44. The van der Waals surface area contributed by atoms with Crippen LogP contribution in [0.25, 0.3) is 11.1 Å². The van der Waals surface area contributed by atoms with E-state index >= 15 is 0 Å². The fraction of sp³-hybridized carbons (Fsp3) is 0.486. The van der Waals surface area contributed by atoms with E-state index in [9.17, 15) is 9.59 Å². The normalized spacial score (nSPS) is 15.7. The van der Waals surface area contributed by atoms with E-state index in [1.807, 2.05) is 50.4 Å². The largest absolute Gasteiger partial charge is 0.443 e. The lowest BCUT2D eigenvalue weighted by Gasteiger charge is -2.33. The second kappa shape index (κ2) is 14.8. The van der Waals surface area contributed by atoms with Gasteiger partial charge in [0.05, 0.1) is 36.3 Å². The highest BCUT2D eigenvalue weighted by atomic mass is 16.6. The van der Waals surface area contributed by atoms with Gasteiger partial charge < -0.3 is 24.6 Å². The van der Waals surface area contributed by atoms with Crippen molar-refractivity contribution in [1.82, 2.24) is 19.8 Å². The number of benzene rings is 1. The summed E-state index contributed by atoms with van der Waals surface area (Å²) in [6.07, 6.45) is 3.87. The number of anilines is 3. The third kappa shape index (κ3) is 7.99. The summed E-state index contributed by atoms with van der Waals surface area (Å²) >= 11 is 0. The van der Waals surface area contributed by atoms with Gasteiger partial charge in [0.2, 0.25) is 0 Å². The number of methoxy groups -OCH3 is 1. The highest BCUT2D eigenvalue weighted by Crippen LogP contribution is 2.39. The summed E-state index contributed by atoms with van der Waals surface area (Å²) in [5, 5.41) is 3.35. The summed E-state index contributed by atoms with van der Waals surface area (Å²) < 4.78 is 11.0. The number of aromatic nitrogens is 2. The molecule has 3 aromatic rings. The molecule has 10 heteroatoms. The number of amides is 2. The highest BCUT2D eigenvalue weighted by molar-refractivity contribution is 6.11. The van der Waals surface area contributed by atoms with Crippen LogP contribution in [0.5, 0.6) is 0 Å². The standard InChI is InChI=1S/C33H42N6O4.C2H6/c1-7-22(21-42-6)28-18-23(12-13-34-28)25-9-10-27(30-26(25)20-39(31(30)40)32(41)43-33(2,3)4)36-29-11-8-24(19-35-29)38-16-14-37(5)15-17-38;1-2/h8-13,18-19,22H,7,14-17,20-21H2,1-6H3,(H,35,36);1-2H3. The van der Waals surface area contributed by atoms with Crippen LogP contribution in [0.4, 0.5) is 22.0 Å². The number of fused-ring (bicyclic) bond motifs is 1. The number of nitrogens with zero attached hydrogens (tertiary/aromatic N) is 5. The Morgan fingerprint density at radius 2 is 1.78 bits per heavy atom. The molecule has 2 aliphatic heterocycles. The molecule has 5 rings (SSSR count). The predicted octanol–water partition coefficient (Wildman–Crippen LogP) is 6.70. The van der Waals surface area contributed by atoms with Crippen LogP contribution < -0.4 is 10.2 Å².